The van der Waals surface area contributed by atoms with Gasteiger partial charge in [0.1, 0.15) is 23.2 Å². The predicted octanol–water partition coefficient (Wildman–Crippen LogP) is 7.24. The molecule has 0 unspecified atom stereocenters. The van der Waals surface area contributed by atoms with Crippen LogP contribution in [-0.2, 0) is 10.9 Å². The molecule has 5 aromatic rings. The van der Waals surface area contributed by atoms with E-state index in [-0.39, 0.29) is 12.4 Å². The summed E-state index contributed by atoms with van der Waals surface area (Å²) >= 11 is 0. The zero-order valence-corrected chi connectivity index (χ0v) is 27.9. The van der Waals surface area contributed by atoms with Gasteiger partial charge in [-0.05, 0) is 66.2 Å². The standard InChI is InChI=1S/C37H40NO4PSi/c1-40-35-26-29(20-21-34(35)42-28-41-24-25-44(2,3)4)36-30(22-23-38-37(36)39)27-43(31-14-8-5-9-15-31,32-16-10-6-11-17-32)33-18-12-7-13-19-33/h5-23,26H,24-25,27-28H2,1-4H3/p+1. The van der Waals surface area contributed by atoms with Gasteiger partial charge in [-0.15, -0.1) is 0 Å². The van der Waals surface area contributed by atoms with Crippen LogP contribution in [0.25, 0.3) is 11.1 Å². The van der Waals surface area contributed by atoms with Gasteiger partial charge in [-0.2, -0.15) is 0 Å². The van der Waals surface area contributed by atoms with E-state index in [9.17, 15) is 4.79 Å². The Labute approximate surface area is 262 Å². The lowest BCUT2D eigenvalue weighted by molar-refractivity contribution is 0.0205. The van der Waals surface area contributed by atoms with Crippen molar-refractivity contribution in [2.75, 3.05) is 20.5 Å². The number of nitrogens with one attached hydrogen (secondary N) is 1. The Morgan fingerprint density at radius 1 is 0.727 bits per heavy atom. The van der Waals surface area contributed by atoms with Crippen LogP contribution in [0.1, 0.15) is 5.56 Å². The number of benzene rings is 4. The van der Waals surface area contributed by atoms with Gasteiger partial charge >= 0.3 is 0 Å². The van der Waals surface area contributed by atoms with Crippen molar-refractivity contribution >= 4 is 31.2 Å². The van der Waals surface area contributed by atoms with Gasteiger partial charge in [0, 0.05) is 26.4 Å². The Hall–Kier alpha value is -3.96. The van der Waals surface area contributed by atoms with Gasteiger partial charge in [0.15, 0.2) is 18.3 Å². The van der Waals surface area contributed by atoms with E-state index in [0.29, 0.717) is 29.8 Å². The molecule has 226 valence electrons. The smallest absolute Gasteiger partial charge is 0.256 e. The topological polar surface area (TPSA) is 60.6 Å². The third-order valence-corrected chi connectivity index (χ3v) is 13.9. The highest BCUT2D eigenvalue weighted by Gasteiger charge is 2.46. The molecule has 0 amide bonds. The molecule has 44 heavy (non-hydrogen) atoms. The van der Waals surface area contributed by atoms with Gasteiger partial charge in [-0.1, -0.05) is 80.3 Å². The van der Waals surface area contributed by atoms with Crippen molar-refractivity contribution in [2.24, 2.45) is 0 Å². The maximum absolute atomic E-state index is 13.6. The van der Waals surface area contributed by atoms with Gasteiger partial charge < -0.3 is 19.2 Å². The third kappa shape index (κ3) is 7.22. The Morgan fingerprint density at radius 3 is 1.82 bits per heavy atom. The number of pyridine rings is 1. The molecule has 0 aliphatic rings. The fourth-order valence-electron chi connectivity index (χ4n) is 5.48. The van der Waals surface area contributed by atoms with E-state index in [4.69, 9.17) is 14.2 Å². The van der Waals surface area contributed by atoms with E-state index < -0.39 is 15.3 Å². The highest BCUT2D eigenvalue weighted by molar-refractivity contribution is 7.95. The summed E-state index contributed by atoms with van der Waals surface area (Å²) in [5.41, 5.74) is 2.25. The van der Waals surface area contributed by atoms with Crippen LogP contribution < -0.4 is 30.9 Å². The minimum Gasteiger partial charge on any atom is -0.493 e. The number of methoxy groups -OCH3 is 1. The Bertz CT molecular complexity index is 1610. The minimum atomic E-state index is -2.23. The first-order valence-electron chi connectivity index (χ1n) is 15.0. The zero-order chi connectivity index (χ0) is 31.0. The quantitative estimate of drug-likeness (QED) is 0.0651. The first-order valence-corrected chi connectivity index (χ1v) is 20.6. The maximum Gasteiger partial charge on any atom is 0.256 e. The van der Waals surface area contributed by atoms with E-state index in [1.807, 2.05) is 24.3 Å². The van der Waals surface area contributed by atoms with Gasteiger partial charge in [-0.25, -0.2) is 0 Å². The molecule has 0 atom stereocenters. The summed E-state index contributed by atoms with van der Waals surface area (Å²) in [7, 11) is -1.79. The van der Waals surface area contributed by atoms with E-state index in [1.165, 1.54) is 15.9 Å². The first kappa shape index (κ1) is 31.5. The normalized spacial score (nSPS) is 11.7. The highest BCUT2D eigenvalue weighted by Crippen LogP contribution is 2.58. The van der Waals surface area contributed by atoms with Crippen molar-refractivity contribution in [1.82, 2.24) is 4.98 Å². The average molecular weight is 623 g/mol. The summed E-state index contributed by atoms with van der Waals surface area (Å²) < 4.78 is 17.4. The van der Waals surface area contributed by atoms with Crippen LogP contribution in [0.3, 0.4) is 0 Å². The third-order valence-electron chi connectivity index (χ3n) is 7.79. The number of aromatic nitrogens is 1. The summed E-state index contributed by atoms with van der Waals surface area (Å²) in [4.78, 5) is 16.5. The van der Waals surface area contributed by atoms with Crippen LogP contribution in [-0.4, -0.2) is 33.6 Å². The summed E-state index contributed by atoms with van der Waals surface area (Å²) in [6, 6.07) is 40.9. The summed E-state index contributed by atoms with van der Waals surface area (Å²) in [6.07, 6.45) is 2.43. The Kier molecular flexibility index (Phi) is 10.2. The van der Waals surface area contributed by atoms with Crippen molar-refractivity contribution in [1.29, 1.82) is 0 Å². The van der Waals surface area contributed by atoms with Crippen molar-refractivity contribution in [3.05, 3.63) is 137 Å². The lowest BCUT2D eigenvalue weighted by Crippen LogP contribution is -2.33. The molecule has 0 aliphatic heterocycles. The van der Waals surface area contributed by atoms with Crippen LogP contribution in [0.15, 0.2) is 126 Å². The van der Waals surface area contributed by atoms with Gasteiger partial charge in [0.2, 0.25) is 0 Å². The lowest BCUT2D eigenvalue weighted by Gasteiger charge is -2.28. The molecule has 0 saturated heterocycles. The molecule has 0 bridgehead atoms. The van der Waals surface area contributed by atoms with Gasteiger partial charge in [0.25, 0.3) is 5.56 Å². The van der Waals surface area contributed by atoms with Crippen LogP contribution in [0.4, 0.5) is 0 Å². The molecule has 7 heteroatoms. The lowest BCUT2D eigenvalue weighted by atomic mass is 10.0. The molecule has 0 fully saturated rings. The maximum atomic E-state index is 13.6. The fraction of sp³-hybridized carbons (Fsp3) is 0.216. The summed E-state index contributed by atoms with van der Waals surface area (Å²) in [6.45, 7) is 7.79. The first-order chi connectivity index (χ1) is 21.3. The molecule has 1 heterocycles. The molecule has 0 spiro atoms. The van der Waals surface area contributed by atoms with Crippen LogP contribution in [0.5, 0.6) is 11.5 Å². The fourth-order valence-corrected chi connectivity index (χ4v) is 10.5. The zero-order valence-electron chi connectivity index (χ0n) is 26.0. The van der Waals surface area contributed by atoms with Gasteiger partial charge in [-0.3, -0.25) is 4.79 Å². The van der Waals surface area contributed by atoms with Crippen LogP contribution in [0, 0.1) is 0 Å². The molecule has 5 rings (SSSR count). The van der Waals surface area contributed by atoms with E-state index in [1.54, 1.807) is 13.3 Å². The van der Waals surface area contributed by atoms with E-state index >= 15 is 0 Å². The molecular weight excluding hydrogens is 581 g/mol. The monoisotopic (exact) mass is 622 g/mol. The van der Waals surface area contributed by atoms with Gasteiger partial charge in [0.05, 0.1) is 18.8 Å². The molecule has 1 N–H and O–H groups in total. The molecule has 5 nitrogen and oxygen atoms in total. The molecule has 1 aromatic heterocycles. The number of aromatic amines is 1. The number of ether oxygens (including phenoxy) is 3. The Balaban J connectivity index is 1.57. The van der Waals surface area contributed by atoms with Crippen molar-refractivity contribution in [3.8, 4) is 22.6 Å². The molecular formula is C37H41NO4PSi+. The highest BCUT2D eigenvalue weighted by atomic mass is 31.2. The van der Waals surface area contributed by atoms with Crippen molar-refractivity contribution in [2.45, 2.75) is 31.8 Å². The number of hydrogen-bond donors (Lipinski definition) is 1. The summed E-state index contributed by atoms with van der Waals surface area (Å²) in [5, 5.41) is 3.79. The number of rotatable bonds is 13. The molecule has 0 aliphatic carbocycles. The van der Waals surface area contributed by atoms with Crippen LogP contribution in [0.2, 0.25) is 25.7 Å². The van der Waals surface area contributed by atoms with E-state index in [0.717, 1.165) is 17.2 Å². The SMILES string of the molecule is COc1cc(-c2c(C[P+](c3ccccc3)(c3ccccc3)c3ccccc3)cc[nH]c2=O)ccc1OCOCC[Si](C)(C)C. The molecule has 4 aromatic carbocycles. The largest absolute Gasteiger partial charge is 0.493 e. The second-order valence-electron chi connectivity index (χ2n) is 12.0. The van der Waals surface area contributed by atoms with E-state index in [2.05, 4.69) is 116 Å². The van der Waals surface area contributed by atoms with Crippen LogP contribution >= 0.6 is 7.26 Å². The van der Waals surface area contributed by atoms with Crippen molar-refractivity contribution < 1.29 is 14.2 Å². The Morgan fingerprint density at radius 2 is 1.30 bits per heavy atom. The predicted molar refractivity (Wildman–Crippen MR) is 188 cm³/mol. The average Bonchev–Trinajstić information content (AvgIpc) is 3.04. The summed E-state index contributed by atoms with van der Waals surface area (Å²) in [5.74, 6) is 1.14. The second kappa shape index (κ2) is 14.2. The minimum absolute atomic E-state index is 0.139. The second-order valence-corrected chi connectivity index (χ2v) is 21.1. The number of hydrogen-bond acceptors (Lipinski definition) is 4. The molecule has 0 saturated carbocycles. The van der Waals surface area contributed by atoms with Crippen molar-refractivity contribution in [3.63, 3.8) is 0 Å². The number of H-pyrrole nitrogens is 1. The molecule has 0 radical (unpaired) electrons.